The van der Waals surface area contributed by atoms with Gasteiger partial charge < -0.3 is 19.6 Å². The van der Waals surface area contributed by atoms with Crippen LogP contribution in [0.5, 0.6) is 5.75 Å². The first-order valence-electron chi connectivity index (χ1n) is 14.6. The largest absolute Gasteiger partial charge is 0.480 e. The molecule has 0 bridgehead atoms. The smallest absolute Gasteiger partial charge is 0.425 e. The van der Waals surface area contributed by atoms with E-state index < -0.39 is 64.0 Å². The average molecular weight is 749 g/mol. The van der Waals surface area contributed by atoms with Crippen LogP contribution < -0.4 is 4.74 Å². The Kier molecular flexibility index (Phi) is 9.66. The number of thiophene rings is 1. The van der Waals surface area contributed by atoms with Crippen molar-refractivity contribution in [1.29, 1.82) is 0 Å². The first-order valence-corrected chi connectivity index (χ1v) is 16.2. The molecule has 0 saturated carbocycles. The molecular weight excluding hydrogens is 720 g/mol. The van der Waals surface area contributed by atoms with Crippen molar-refractivity contribution in [1.82, 2.24) is 14.8 Å². The molecule has 2 aliphatic heterocycles. The molecule has 252 valence electrons. The maximum Gasteiger partial charge on any atom is 0.425 e. The third-order valence-corrected chi connectivity index (χ3v) is 9.81. The van der Waals surface area contributed by atoms with Gasteiger partial charge in [-0.05, 0) is 48.2 Å². The van der Waals surface area contributed by atoms with Crippen molar-refractivity contribution >= 4 is 45.1 Å². The molecule has 0 radical (unpaired) electrons. The van der Waals surface area contributed by atoms with Crippen LogP contribution in [0, 0.1) is 0 Å². The number of benzene rings is 1. The summed E-state index contributed by atoms with van der Waals surface area (Å²) in [5.41, 5.74) is -3.05. The van der Waals surface area contributed by atoms with E-state index in [1.54, 1.807) is 25.1 Å². The summed E-state index contributed by atoms with van der Waals surface area (Å²) in [6, 6.07) is 4.91. The number of aliphatic carboxylic acids is 1. The Morgan fingerprint density at radius 3 is 2.47 bits per heavy atom. The monoisotopic (exact) mass is 747 g/mol. The Morgan fingerprint density at radius 2 is 1.83 bits per heavy atom. The van der Waals surface area contributed by atoms with Gasteiger partial charge in [0.05, 0.1) is 11.6 Å². The van der Waals surface area contributed by atoms with Crippen molar-refractivity contribution in [3.05, 3.63) is 79.7 Å². The highest BCUT2D eigenvalue weighted by Gasteiger charge is 2.57. The summed E-state index contributed by atoms with van der Waals surface area (Å²) in [4.78, 5) is 46.2. The van der Waals surface area contributed by atoms with Gasteiger partial charge in [0, 0.05) is 48.0 Å². The quantitative estimate of drug-likeness (QED) is 0.257. The van der Waals surface area contributed by atoms with Gasteiger partial charge in [-0.15, -0.1) is 11.3 Å². The molecule has 2 aromatic heterocycles. The number of carbonyl (C=O) groups is 3. The number of carboxylic acids is 1. The molecule has 0 spiro atoms. The van der Waals surface area contributed by atoms with E-state index >= 15 is 0 Å². The van der Waals surface area contributed by atoms with Crippen LogP contribution in [0.25, 0.3) is 0 Å². The Hall–Kier alpha value is -3.66. The second-order valence-corrected chi connectivity index (χ2v) is 13.2. The Morgan fingerprint density at radius 1 is 1.09 bits per heavy atom. The van der Waals surface area contributed by atoms with Gasteiger partial charge in [-0.3, -0.25) is 14.6 Å². The van der Waals surface area contributed by atoms with Gasteiger partial charge >= 0.3 is 18.3 Å². The standard InChI is InChI=1S/C31H28BrF6N3O5S/c1-2-5-23-29(46-20-14-24(47-16-20)31(36,37)38,9-4-11-40(23)26(42)25-21(30(33,34)35)6-3-10-39-25)28(45)41-15-17-7-8-19(32)12-18(17)13-22(41)27(43)44/h3,6-8,10,12,14,16,22-23H,2,4-5,9,11,13,15H2,1H3,(H,43,44)/t22-,23-,29+/m1/s1. The molecule has 1 N–H and O–H groups in total. The van der Waals surface area contributed by atoms with Crippen LogP contribution in [0.15, 0.2) is 52.4 Å². The second-order valence-electron chi connectivity index (χ2n) is 11.3. The van der Waals surface area contributed by atoms with E-state index in [0.29, 0.717) is 39.1 Å². The number of likely N-dealkylation sites (tertiary alicyclic amines) is 1. The Labute approximate surface area is 277 Å². The zero-order chi connectivity index (χ0) is 34.3. The molecule has 5 rings (SSSR count). The van der Waals surface area contributed by atoms with Crippen molar-refractivity contribution < 1.29 is 50.6 Å². The number of rotatable bonds is 7. The summed E-state index contributed by atoms with van der Waals surface area (Å²) in [6.45, 7) is 1.41. The van der Waals surface area contributed by atoms with Crippen LogP contribution in [0.4, 0.5) is 26.3 Å². The number of nitrogens with zero attached hydrogens (tertiary/aromatic N) is 3. The van der Waals surface area contributed by atoms with Crippen molar-refractivity contribution in [2.45, 2.75) is 75.6 Å². The first-order chi connectivity index (χ1) is 22.1. The molecule has 16 heteroatoms. The molecule has 3 atom stereocenters. The number of hydrogen-bond acceptors (Lipinski definition) is 6. The maximum absolute atomic E-state index is 14.9. The molecule has 1 fully saturated rings. The summed E-state index contributed by atoms with van der Waals surface area (Å²) in [7, 11) is 0. The van der Waals surface area contributed by atoms with E-state index in [-0.39, 0.29) is 50.9 Å². The lowest BCUT2D eigenvalue weighted by Crippen LogP contribution is -2.69. The predicted molar refractivity (Wildman–Crippen MR) is 161 cm³/mol. The number of halogens is 7. The second kappa shape index (κ2) is 13.1. The molecule has 47 heavy (non-hydrogen) atoms. The molecular formula is C31H28BrF6N3O5S. The van der Waals surface area contributed by atoms with Crippen LogP contribution in [0.1, 0.15) is 64.7 Å². The number of aromatic nitrogens is 1. The van der Waals surface area contributed by atoms with E-state index in [2.05, 4.69) is 20.9 Å². The van der Waals surface area contributed by atoms with Crippen LogP contribution in [0.3, 0.4) is 0 Å². The third-order valence-electron chi connectivity index (χ3n) is 8.36. The average Bonchev–Trinajstić information content (AvgIpc) is 3.49. The lowest BCUT2D eigenvalue weighted by molar-refractivity contribution is -0.168. The van der Waals surface area contributed by atoms with Gasteiger partial charge in [-0.25, -0.2) is 4.79 Å². The minimum Gasteiger partial charge on any atom is -0.480 e. The fraction of sp³-hybridized carbons (Fsp3) is 0.419. The zero-order valence-electron chi connectivity index (χ0n) is 24.7. The molecule has 1 aromatic carbocycles. The maximum atomic E-state index is 14.9. The van der Waals surface area contributed by atoms with Gasteiger partial charge in [0.2, 0.25) is 5.60 Å². The summed E-state index contributed by atoms with van der Waals surface area (Å²) >= 11 is 3.68. The highest BCUT2D eigenvalue weighted by atomic mass is 79.9. The molecule has 8 nitrogen and oxygen atoms in total. The van der Waals surface area contributed by atoms with Gasteiger partial charge in [-0.2, -0.15) is 26.3 Å². The van der Waals surface area contributed by atoms with Crippen molar-refractivity contribution in [2.75, 3.05) is 6.54 Å². The van der Waals surface area contributed by atoms with Crippen LogP contribution >= 0.6 is 27.3 Å². The zero-order valence-corrected chi connectivity index (χ0v) is 27.1. The molecule has 2 amide bonds. The number of piperidine rings is 1. The minimum atomic E-state index is -4.94. The first kappa shape index (κ1) is 34.7. The topological polar surface area (TPSA) is 100 Å². The fourth-order valence-corrected chi connectivity index (χ4v) is 7.39. The van der Waals surface area contributed by atoms with Gasteiger partial charge in [-0.1, -0.05) is 35.3 Å². The summed E-state index contributed by atoms with van der Waals surface area (Å²) in [5.74, 6) is -3.71. The number of amides is 2. The minimum absolute atomic E-state index is 0.00293. The van der Waals surface area contributed by atoms with Crippen LogP contribution in [-0.4, -0.2) is 61.9 Å². The number of hydrogen-bond donors (Lipinski definition) is 1. The van der Waals surface area contributed by atoms with E-state index in [0.717, 1.165) is 27.4 Å². The Balaban J connectivity index is 1.65. The van der Waals surface area contributed by atoms with E-state index in [9.17, 15) is 45.8 Å². The number of carboxylic acid groups (broad SMARTS) is 1. The van der Waals surface area contributed by atoms with Crippen molar-refractivity contribution in [2.24, 2.45) is 0 Å². The number of pyridine rings is 1. The van der Waals surface area contributed by atoms with Crippen molar-refractivity contribution in [3.63, 3.8) is 0 Å². The van der Waals surface area contributed by atoms with Crippen molar-refractivity contribution in [3.8, 4) is 5.75 Å². The van der Waals surface area contributed by atoms with Gasteiger partial charge in [0.25, 0.3) is 11.8 Å². The molecule has 1 saturated heterocycles. The van der Waals surface area contributed by atoms with E-state index in [1.165, 1.54) is 0 Å². The normalized spacial score (nSPS) is 21.7. The number of fused-ring (bicyclic) bond motifs is 1. The summed E-state index contributed by atoms with van der Waals surface area (Å²) < 4.78 is 89.5. The predicted octanol–water partition coefficient (Wildman–Crippen LogP) is 7.20. The fourth-order valence-electron chi connectivity index (χ4n) is 6.30. The molecule has 2 aliphatic rings. The highest BCUT2D eigenvalue weighted by Crippen LogP contribution is 2.43. The third kappa shape index (κ3) is 6.84. The Bertz CT molecular complexity index is 1680. The van der Waals surface area contributed by atoms with Gasteiger partial charge in [0.1, 0.15) is 22.4 Å². The lowest BCUT2D eigenvalue weighted by Gasteiger charge is -2.51. The number of carbonyl (C=O) groups excluding carboxylic acids is 2. The lowest BCUT2D eigenvalue weighted by atomic mass is 9.79. The molecule has 0 aliphatic carbocycles. The van der Waals surface area contributed by atoms with E-state index in [1.807, 2.05) is 0 Å². The molecule has 4 heterocycles. The SMILES string of the molecule is CCC[C@H]1N(C(=O)c2ncccc2C(F)(F)F)CCC[C@@]1(Oc1csc(C(F)(F)F)c1)C(=O)N1Cc2ccc(Br)cc2C[C@@H]1C(=O)O. The molecule has 0 unspecified atom stereocenters. The number of alkyl halides is 6. The number of ether oxygens (including phenoxy) is 1. The summed E-state index contributed by atoms with van der Waals surface area (Å²) in [5, 5.41) is 11.3. The highest BCUT2D eigenvalue weighted by molar-refractivity contribution is 9.10. The van der Waals surface area contributed by atoms with Crippen LogP contribution in [0.2, 0.25) is 0 Å². The molecule has 3 aromatic rings. The van der Waals surface area contributed by atoms with E-state index in [4.69, 9.17) is 4.74 Å². The summed E-state index contributed by atoms with van der Waals surface area (Å²) in [6.07, 6.45) is -8.58. The van der Waals surface area contributed by atoms with Gasteiger partial charge in [0.15, 0.2) is 0 Å². The van der Waals surface area contributed by atoms with Crippen LogP contribution in [-0.2, 0) is 34.9 Å².